The lowest BCUT2D eigenvalue weighted by atomic mass is 10.0. The van der Waals surface area contributed by atoms with E-state index in [4.69, 9.17) is 14.2 Å². The maximum absolute atomic E-state index is 14.1. The SMILES string of the molecule is CCNS(=O)(=O)c1ccc(CCC(=O)N(Cc2ccc(OC)cc2)[C@H](C(=O)NCCc2ccc(OC)c(OC)c2)c2ccccc2)cc1. The molecule has 0 bridgehead atoms. The first-order chi connectivity index (χ1) is 23.2. The lowest BCUT2D eigenvalue weighted by Gasteiger charge is -2.32. The normalized spacial score (nSPS) is 11.8. The molecular formula is C37H43N3O7S. The highest BCUT2D eigenvalue weighted by Crippen LogP contribution is 2.28. The van der Waals surface area contributed by atoms with Crippen LogP contribution in [0.2, 0.25) is 0 Å². The molecule has 0 unspecified atom stereocenters. The van der Waals surface area contributed by atoms with Crippen molar-refractivity contribution >= 4 is 21.8 Å². The van der Waals surface area contributed by atoms with Crippen LogP contribution in [0.3, 0.4) is 0 Å². The minimum atomic E-state index is -3.59. The Hall–Kier alpha value is -4.87. The van der Waals surface area contributed by atoms with Gasteiger partial charge in [-0.25, -0.2) is 13.1 Å². The zero-order valence-electron chi connectivity index (χ0n) is 27.8. The lowest BCUT2D eigenvalue weighted by molar-refractivity contribution is -0.141. The van der Waals surface area contributed by atoms with Crippen LogP contribution >= 0.6 is 0 Å². The van der Waals surface area contributed by atoms with Gasteiger partial charge in [-0.3, -0.25) is 9.59 Å². The van der Waals surface area contributed by atoms with Gasteiger partial charge < -0.3 is 24.4 Å². The minimum absolute atomic E-state index is 0.109. The highest BCUT2D eigenvalue weighted by atomic mass is 32.2. The molecule has 254 valence electrons. The number of methoxy groups -OCH3 is 3. The molecule has 0 radical (unpaired) electrons. The largest absolute Gasteiger partial charge is 0.497 e. The second kappa shape index (κ2) is 17.3. The monoisotopic (exact) mass is 673 g/mol. The van der Waals surface area contributed by atoms with Crippen molar-refractivity contribution in [3.63, 3.8) is 0 Å². The number of sulfonamides is 1. The number of hydrogen-bond donors (Lipinski definition) is 2. The summed E-state index contributed by atoms with van der Waals surface area (Å²) in [5.74, 6) is 1.38. The Morgan fingerprint density at radius 3 is 2.02 bits per heavy atom. The van der Waals surface area contributed by atoms with Crippen molar-refractivity contribution in [1.82, 2.24) is 14.9 Å². The van der Waals surface area contributed by atoms with Gasteiger partial charge in [0.2, 0.25) is 21.8 Å². The molecule has 4 aromatic carbocycles. The van der Waals surface area contributed by atoms with E-state index in [0.717, 1.165) is 16.7 Å². The first-order valence-corrected chi connectivity index (χ1v) is 17.2. The van der Waals surface area contributed by atoms with E-state index in [1.165, 1.54) is 12.1 Å². The molecule has 4 rings (SSSR count). The molecule has 0 aliphatic heterocycles. The maximum Gasteiger partial charge on any atom is 0.247 e. The van der Waals surface area contributed by atoms with Crippen molar-refractivity contribution in [3.05, 3.63) is 119 Å². The Kier molecular flexibility index (Phi) is 13.0. The van der Waals surface area contributed by atoms with E-state index in [2.05, 4.69) is 10.0 Å². The molecule has 1 atom stereocenters. The van der Waals surface area contributed by atoms with Crippen molar-refractivity contribution in [2.24, 2.45) is 0 Å². The molecule has 48 heavy (non-hydrogen) atoms. The van der Waals surface area contributed by atoms with E-state index in [0.29, 0.717) is 42.2 Å². The second-order valence-corrected chi connectivity index (χ2v) is 12.8. The fourth-order valence-electron chi connectivity index (χ4n) is 5.33. The molecule has 11 heteroatoms. The van der Waals surface area contributed by atoms with E-state index in [1.54, 1.807) is 45.3 Å². The molecule has 0 aliphatic rings. The number of benzene rings is 4. The first-order valence-electron chi connectivity index (χ1n) is 15.7. The van der Waals surface area contributed by atoms with Crippen molar-refractivity contribution in [2.75, 3.05) is 34.4 Å². The summed E-state index contributed by atoms with van der Waals surface area (Å²) < 4.78 is 43.3. The molecule has 0 saturated carbocycles. The number of hydrogen-bond acceptors (Lipinski definition) is 7. The summed E-state index contributed by atoms with van der Waals surface area (Å²) in [7, 11) is 1.16. The van der Waals surface area contributed by atoms with E-state index in [1.807, 2.05) is 72.8 Å². The van der Waals surface area contributed by atoms with Gasteiger partial charge in [-0.1, -0.05) is 67.6 Å². The van der Waals surface area contributed by atoms with E-state index < -0.39 is 16.1 Å². The maximum atomic E-state index is 14.1. The number of nitrogens with one attached hydrogen (secondary N) is 2. The Bertz CT molecular complexity index is 1750. The first kappa shape index (κ1) is 36.0. The van der Waals surface area contributed by atoms with Crippen LogP contribution in [0, 0.1) is 0 Å². The van der Waals surface area contributed by atoms with Crippen molar-refractivity contribution in [3.8, 4) is 17.2 Å². The van der Waals surface area contributed by atoms with Crippen LogP contribution in [-0.2, 0) is 39.0 Å². The van der Waals surface area contributed by atoms with E-state index >= 15 is 0 Å². The Morgan fingerprint density at radius 2 is 1.40 bits per heavy atom. The van der Waals surface area contributed by atoms with Crippen molar-refractivity contribution in [2.45, 2.75) is 43.7 Å². The van der Waals surface area contributed by atoms with Crippen LogP contribution in [0.25, 0.3) is 0 Å². The molecule has 0 aliphatic carbocycles. The fraction of sp³-hybridized carbons (Fsp3) is 0.297. The van der Waals surface area contributed by atoms with Crippen LogP contribution in [0.4, 0.5) is 0 Å². The van der Waals surface area contributed by atoms with Gasteiger partial charge in [-0.2, -0.15) is 0 Å². The van der Waals surface area contributed by atoms with Gasteiger partial charge in [-0.05, 0) is 71.5 Å². The summed E-state index contributed by atoms with van der Waals surface area (Å²) in [4.78, 5) is 29.9. The van der Waals surface area contributed by atoms with Gasteiger partial charge in [-0.15, -0.1) is 0 Å². The predicted molar refractivity (Wildman–Crippen MR) is 185 cm³/mol. The molecule has 0 spiro atoms. The molecule has 0 heterocycles. The summed E-state index contributed by atoms with van der Waals surface area (Å²) in [6.07, 6.45) is 1.01. The average molecular weight is 674 g/mol. The standard InChI is InChI=1S/C37H43N3O7S/c1-5-39-48(43,44)32-19-13-27(14-20-32)16-22-35(41)40(26-29-11-17-31(45-2)18-12-29)36(30-9-7-6-8-10-30)37(42)38-24-23-28-15-21-33(46-3)34(25-28)47-4/h6-15,17-21,25,36,39H,5,16,22-24,26H2,1-4H3,(H,38,42)/t36-/m0/s1. The highest BCUT2D eigenvalue weighted by molar-refractivity contribution is 7.89. The van der Waals surface area contributed by atoms with Crippen LogP contribution in [0.5, 0.6) is 17.2 Å². The van der Waals surface area contributed by atoms with Crippen LogP contribution in [0.15, 0.2) is 102 Å². The highest BCUT2D eigenvalue weighted by Gasteiger charge is 2.31. The van der Waals surface area contributed by atoms with Gasteiger partial charge >= 0.3 is 0 Å². The second-order valence-electron chi connectivity index (χ2n) is 11.1. The molecule has 0 fully saturated rings. The molecule has 0 saturated heterocycles. The Labute approximate surface area is 283 Å². The van der Waals surface area contributed by atoms with Crippen LogP contribution < -0.4 is 24.2 Å². The van der Waals surface area contributed by atoms with Gasteiger partial charge in [0.1, 0.15) is 11.8 Å². The fourth-order valence-corrected chi connectivity index (χ4v) is 6.37. The molecule has 2 N–H and O–H groups in total. The molecule has 4 aromatic rings. The molecular weight excluding hydrogens is 630 g/mol. The van der Waals surface area contributed by atoms with Crippen LogP contribution in [-0.4, -0.2) is 59.6 Å². The number of amides is 2. The van der Waals surface area contributed by atoms with Crippen LogP contribution in [0.1, 0.15) is 41.6 Å². The zero-order valence-corrected chi connectivity index (χ0v) is 28.6. The number of ether oxygens (including phenoxy) is 3. The average Bonchev–Trinajstić information content (AvgIpc) is 3.11. The number of nitrogens with zero attached hydrogens (tertiary/aromatic N) is 1. The summed E-state index contributed by atoms with van der Waals surface area (Å²) in [5.41, 5.74) is 3.28. The summed E-state index contributed by atoms with van der Waals surface area (Å²) in [5, 5.41) is 3.05. The van der Waals surface area contributed by atoms with Gasteiger partial charge in [0.25, 0.3) is 0 Å². The summed E-state index contributed by atoms with van der Waals surface area (Å²) in [6, 6.07) is 27.8. The number of aryl methyl sites for hydroxylation is 1. The van der Waals surface area contributed by atoms with Gasteiger partial charge in [0.05, 0.1) is 26.2 Å². The van der Waals surface area contributed by atoms with Gasteiger partial charge in [0, 0.05) is 26.1 Å². The number of carbonyl (C=O) groups excluding carboxylic acids is 2. The summed E-state index contributed by atoms with van der Waals surface area (Å²) >= 11 is 0. The topological polar surface area (TPSA) is 123 Å². The zero-order chi connectivity index (χ0) is 34.5. The molecule has 10 nitrogen and oxygen atoms in total. The Balaban J connectivity index is 1.57. The molecule has 2 amide bonds. The van der Waals surface area contributed by atoms with Crippen molar-refractivity contribution in [1.29, 1.82) is 0 Å². The number of carbonyl (C=O) groups is 2. The van der Waals surface area contributed by atoms with E-state index in [9.17, 15) is 18.0 Å². The third-order valence-electron chi connectivity index (χ3n) is 7.86. The smallest absolute Gasteiger partial charge is 0.247 e. The number of rotatable bonds is 17. The predicted octanol–water partition coefficient (Wildman–Crippen LogP) is 5.07. The Morgan fingerprint density at radius 1 is 0.750 bits per heavy atom. The van der Waals surface area contributed by atoms with Crippen molar-refractivity contribution < 1.29 is 32.2 Å². The van der Waals surface area contributed by atoms with E-state index in [-0.39, 0.29) is 36.2 Å². The summed E-state index contributed by atoms with van der Waals surface area (Å²) in [6.45, 7) is 2.53. The minimum Gasteiger partial charge on any atom is -0.497 e. The quantitative estimate of drug-likeness (QED) is 0.160. The lowest BCUT2D eigenvalue weighted by Crippen LogP contribution is -2.44. The molecule has 0 aromatic heterocycles. The van der Waals surface area contributed by atoms with Gasteiger partial charge in [0.15, 0.2) is 11.5 Å². The third-order valence-corrected chi connectivity index (χ3v) is 9.43. The third kappa shape index (κ3) is 9.58.